The molecule has 0 saturated carbocycles. The molecule has 2 aliphatic heterocycles. The van der Waals surface area contributed by atoms with Crippen LogP contribution in [0.25, 0.3) is 10.2 Å². The van der Waals surface area contributed by atoms with Crippen molar-refractivity contribution >= 4 is 54.0 Å². The Kier molecular flexibility index (Phi) is 8.17. The van der Waals surface area contributed by atoms with Crippen molar-refractivity contribution in [1.29, 1.82) is 0 Å². The highest BCUT2D eigenvalue weighted by Gasteiger charge is 2.40. The van der Waals surface area contributed by atoms with Gasteiger partial charge in [0, 0.05) is 38.8 Å². The minimum absolute atomic E-state index is 0.000846. The van der Waals surface area contributed by atoms with Crippen molar-refractivity contribution in [2.45, 2.75) is 35.9 Å². The fourth-order valence-corrected chi connectivity index (χ4v) is 8.59. The van der Waals surface area contributed by atoms with E-state index in [2.05, 4.69) is 9.88 Å². The molecule has 0 bridgehead atoms. The van der Waals surface area contributed by atoms with Crippen molar-refractivity contribution in [3.8, 4) is 0 Å². The zero-order chi connectivity index (χ0) is 26.0. The second-order valence-electron chi connectivity index (χ2n) is 9.09. The van der Waals surface area contributed by atoms with Crippen LogP contribution in [0.1, 0.15) is 25.7 Å². The standard InChI is InChI=1S/C24H28F2N4O4S3/c25-17-15-18(26)22-20(16-17)36-24(27-22)29(8-4-7-28-10-12-34-13-11-28)23(31)19-5-1-2-9-30(19)37(32,33)21-6-3-14-35-21/h3,6,14-16,19H,1-2,4-5,7-13H2. The summed E-state index contributed by atoms with van der Waals surface area (Å²) in [6, 6.07) is 4.29. The maximum Gasteiger partial charge on any atom is 0.253 e. The van der Waals surface area contributed by atoms with E-state index < -0.39 is 27.7 Å². The van der Waals surface area contributed by atoms with E-state index >= 15 is 0 Å². The predicted molar refractivity (Wildman–Crippen MR) is 140 cm³/mol. The number of piperidine rings is 1. The highest BCUT2D eigenvalue weighted by molar-refractivity contribution is 7.91. The molecule has 2 aromatic heterocycles. The maximum absolute atomic E-state index is 14.4. The Morgan fingerprint density at radius 3 is 2.76 bits per heavy atom. The Morgan fingerprint density at radius 2 is 2.00 bits per heavy atom. The molecule has 8 nitrogen and oxygen atoms in total. The van der Waals surface area contributed by atoms with Crippen molar-refractivity contribution in [2.24, 2.45) is 0 Å². The Hall–Kier alpha value is -2.03. The van der Waals surface area contributed by atoms with Gasteiger partial charge in [-0.05, 0) is 36.8 Å². The molecule has 1 unspecified atom stereocenters. The maximum atomic E-state index is 14.4. The van der Waals surface area contributed by atoms with Crippen LogP contribution in [0.3, 0.4) is 0 Å². The molecule has 0 N–H and O–H groups in total. The summed E-state index contributed by atoms with van der Waals surface area (Å²) in [5, 5.41) is 1.94. The van der Waals surface area contributed by atoms with E-state index in [1.807, 2.05) is 0 Å². The molecular weight excluding hydrogens is 542 g/mol. The van der Waals surface area contributed by atoms with Gasteiger partial charge < -0.3 is 4.74 Å². The molecule has 5 rings (SSSR count). The van der Waals surface area contributed by atoms with E-state index in [1.54, 1.807) is 17.5 Å². The van der Waals surface area contributed by atoms with Crippen LogP contribution in [-0.4, -0.2) is 80.5 Å². The third kappa shape index (κ3) is 5.71. The van der Waals surface area contributed by atoms with Crippen LogP contribution in [-0.2, 0) is 19.6 Å². The molecule has 2 aliphatic rings. The molecule has 37 heavy (non-hydrogen) atoms. The molecule has 0 aliphatic carbocycles. The number of amides is 1. The molecular formula is C24H28F2N4O4S3. The first-order chi connectivity index (χ1) is 17.8. The Labute approximate surface area is 222 Å². The molecule has 1 atom stereocenters. The fourth-order valence-electron chi connectivity index (χ4n) is 4.78. The zero-order valence-corrected chi connectivity index (χ0v) is 22.6. The fraction of sp³-hybridized carbons (Fsp3) is 0.500. The van der Waals surface area contributed by atoms with E-state index in [1.165, 1.54) is 15.3 Å². The number of rotatable bonds is 8. The predicted octanol–water partition coefficient (Wildman–Crippen LogP) is 3.93. The summed E-state index contributed by atoms with van der Waals surface area (Å²) in [4.78, 5) is 22.1. The van der Waals surface area contributed by atoms with Gasteiger partial charge in [-0.2, -0.15) is 4.31 Å². The minimum atomic E-state index is -3.85. The van der Waals surface area contributed by atoms with Crippen molar-refractivity contribution in [3.63, 3.8) is 0 Å². The van der Waals surface area contributed by atoms with Crippen LogP contribution in [0, 0.1) is 11.6 Å². The summed E-state index contributed by atoms with van der Waals surface area (Å²) in [5.74, 6) is -1.90. The van der Waals surface area contributed by atoms with Gasteiger partial charge in [0.1, 0.15) is 21.6 Å². The SMILES string of the molecule is O=C(C1CCCCN1S(=O)(=O)c1cccs1)N(CCCN1CCOCC1)c1nc2c(F)cc(F)cc2s1. The summed E-state index contributed by atoms with van der Waals surface area (Å²) in [5.41, 5.74) is -0.000846. The number of carbonyl (C=O) groups is 1. The van der Waals surface area contributed by atoms with Gasteiger partial charge in [0.2, 0.25) is 5.91 Å². The van der Waals surface area contributed by atoms with Crippen LogP contribution < -0.4 is 4.90 Å². The topological polar surface area (TPSA) is 83.1 Å². The van der Waals surface area contributed by atoms with Crippen LogP contribution >= 0.6 is 22.7 Å². The second kappa shape index (κ2) is 11.4. The lowest BCUT2D eigenvalue weighted by atomic mass is 10.0. The molecule has 200 valence electrons. The Balaban J connectivity index is 1.45. The van der Waals surface area contributed by atoms with Gasteiger partial charge in [0.15, 0.2) is 10.9 Å². The average molecular weight is 571 g/mol. The van der Waals surface area contributed by atoms with Crippen molar-refractivity contribution in [3.05, 3.63) is 41.3 Å². The van der Waals surface area contributed by atoms with Gasteiger partial charge in [-0.25, -0.2) is 22.2 Å². The van der Waals surface area contributed by atoms with Gasteiger partial charge in [0.25, 0.3) is 10.0 Å². The molecule has 13 heteroatoms. The molecule has 3 aromatic rings. The number of hydrogen-bond acceptors (Lipinski definition) is 8. The molecule has 2 fully saturated rings. The second-order valence-corrected chi connectivity index (χ2v) is 13.2. The first-order valence-corrected chi connectivity index (χ1v) is 15.4. The van der Waals surface area contributed by atoms with E-state index in [-0.39, 0.29) is 33.9 Å². The summed E-state index contributed by atoms with van der Waals surface area (Å²) >= 11 is 2.15. The first-order valence-electron chi connectivity index (χ1n) is 12.3. The van der Waals surface area contributed by atoms with Gasteiger partial charge in [-0.3, -0.25) is 14.6 Å². The number of ether oxygens (including phenoxy) is 1. The third-order valence-electron chi connectivity index (χ3n) is 6.66. The average Bonchev–Trinajstić information content (AvgIpc) is 3.58. The van der Waals surface area contributed by atoms with E-state index in [9.17, 15) is 22.0 Å². The number of benzene rings is 1. The van der Waals surface area contributed by atoms with Crippen molar-refractivity contribution in [2.75, 3.05) is 50.8 Å². The molecule has 4 heterocycles. The minimum Gasteiger partial charge on any atom is -0.379 e. The lowest BCUT2D eigenvalue weighted by Gasteiger charge is -2.36. The molecule has 1 aromatic carbocycles. The lowest BCUT2D eigenvalue weighted by Crippen LogP contribution is -2.53. The van der Waals surface area contributed by atoms with Gasteiger partial charge in [0.05, 0.1) is 17.9 Å². The number of fused-ring (bicyclic) bond motifs is 1. The van der Waals surface area contributed by atoms with Gasteiger partial charge in [-0.15, -0.1) is 11.3 Å². The molecule has 1 amide bonds. The number of thiazole rings is 1. The van der Waals surface area contributed by atoms with Crippen LogP contribution in [0.5, 0.6) is 0 Å². The van der Waals surface area contributed by atoms with Crippen LogP contribution in [0.2, 0.25) is 0 Å². The van der Waals surface area contributed by atoms with Crippen molar-refractivity contribution < 1.29 is 26.7 Å². The molecule has 0 radical (unpaired) electrons. The van der Waals surface area contributed by atoms with Gasteiger partial charge in [-0.1, -0.05) is 23.8 Å². The first kappa shape index (κ1) is 26.6. The van der Waals surface area contributed by atoms with Crippen LogP contribution in [0.15, 0.2) is 33.9 Å². The number of hydrogen-bond donors (Lipinski definition) is 0. The largest absolute Gasteiger partial charge is 0.379 e. The number of aromatic nitrogens is 1. The zero-order valence-electron chi connectivity index (χ0n) is 20.1. The molecule has 0 spiro atoms. The Morgan fingerprint density at radius 1 is 1.19 bits per heavy atom. The highest BCUT2D eigenvalue weighted by atomic mass is 32.2. The quantitative estimate of drug-likeness (QED) is 0.408. The number of halogens is 2. The number of nitrogens with zero attached hydrogens (tertiary/aromatic N) is 4. The van der Waals surface area contributed by atoms with E-state index in [4.69, 9.17) is 4.74 Å². The summed E-state index contributed by atoms with van der Waals surface area (Å²) < 4.78 is 62.3. The number of thiophene rings is 1. The lowest BCUT2D eigenvalue weighted by molar-refractivity contribution is -0.123. The number of carbonyl (C=O) groups excluding carboxylic acids is 1. The van der Waals surface area contributed by atoms with Crippen LogP contribution in [0.4, 0.5) is 13.9 Å². The van der Waals surface area contributed by atoms with Gasteiger partial charge >= 0.3 is 0 Å². The Bertz CT molecular complexity index is 1340. The summed E-state index contributed by atoms with van der Waals surface area (Å²) in [7, 11) is -3.85. The number of morpholine rings is 1. The van der Waals surface area contributed by atoms with E-state index in [0.29, 0.717) is 43.6 Å². The van der Waals surface area contributed by atoms with Crippen molar-refractivity contribution in [1.82, 2.24) is 14.2 Å². The summed E-state index contributed by atoms with van der Waals surface area (Å²) in [6.45, 7) is 4.17. The highest BCUT2D eigenvalue weighted by Crippen LogP contribution is 2.34. The number of sulfonamides is 1. The smallest absolute Gasteiger partial charge is 0.253 e. The number of anilines is 1. The summed E-state index contributed by atoms with van der Waals surface area (Å²) in [6.07, 6.45) is 2.38. The van der Waals surface area contributed by atoms with E-state index in [0.717, 1.165) is 48.4 Å². The normalized spacial score (nSPS) is 19.9. The monoisotopic (exact) mass is 570 g/mol. The third-order valence-corrected chi connectivity index (χ3v) is 11.0. The molecule has 2 saturated heterocycles.